The number of carbonyl (C=O) groups is 1. The lowest BCUT2D eigenvalue weighted by Gasteiger charge is -2.37. The standard InChI is InChI=1S/C17H26N4O2S/c1-4-8-18-16(22)21-10-6-17(23,7-11-21)14-13-24-15(19-14)12-20(3)9-5-2/h2,13,23H,4,6-12H2,1,3H3,(H,18,22). The maximum atomic E-state index is 12.0. The van der Waals surface area contributed by atoms with Crippen LogP contribution in [-0.4, -0.2) is 59.1 Å². The first kappa shape index (κ1) is 18.7. The second-order valence-corrected chi connectivity index (χ2v) is 7.20. The Bertz CT molecular complexity index is 588. The molecule has 0 unspecified atom stereocenters. The molecule has 2 amide bonds. The van der Waals surface area contributed by atoms with Gasteiger partial charge in [0.2, 0.25) is 0 Å². The molecule has 1 saturated heterocycles. The van der Waals surface area contributed by atoms with Gasteiger partial charge in [0.1, 0.15) is 10.6 Å². The summed E-state index contributed by atoms with van der Waals surface area (Å²) in [5.74, 6) is 2.61. The Morgan fingerprint density at radius 1 is 1.58 bits per heavy atom. The molecule has 2 N–H and O–H groups in total. The van der Waals surface area contributed by atoms with Crippen LogP contribution in [0.4, 0.5) is 4.79 Å². The number of carbonyl (C=O) groups excluding carboxylic acids is 1. The molecular weight excluding hydrogens is 324 g/mol. The van der Waals surface area contributed by atoms with E-state index in [1.54, 1.807) is 4.90 Å². The fourth-order valence-corrected chi connectivity index (χ4v) is 3.69. The molecule has 2 rings (SSSR count). The third kappa shape index (κ3) is 4.69. The molecule has 0 bridgehead atoms. The van der Waals surface area contributed by atoms with Crippen molar-refractivity contribution in [2.75, 3.05) is 33.2 Å². The minimum atomic E-state index is -0.943. The summed E-state index contributed by atoms with van der Waals surface area (Å²) in [6.07, 6.45) is 7.24. The molecule has 1 aliphatic heterocycles. The molecule has 7 heteroatoms. The van der Waals surface area contributed by atoms with Gasteiger partial charge in [-0.25, -0.2) is 9.78 Å². The largest absolute Gasteiger partial charge is 0.383 e. The summed E-state index contributed by atoms with van der Waals surface area (Å²) in [4.78, 5) is 20.3. The van der Waals surface area contributed by atoms with Crippen molar-refractivity contribution >= 4 is 17.4 Å². The number of nitrogens with zero attached hydrogens (tertiary/aromatic N) is 3. The van der Waals surface area contributed by atoms with Crippen LogP contribution >= 0.6 is 11.3 Å². The molecule has 0 radical (unpaired) electrons. The number of amides is 2. The van der Waals surface area contributed by atoms with Gasteiger partial charge in [0.15, 0.2) is 0 Å². The Morgan fingerprint density at radius 2 is 2.29 bits per heavy atom. The first-order valence-electron chi connectivity index (χ1n) is 8.30. The van der Waals surface area contributed by atoms with E-state index in [-0.39, 0.29) is 6.03 Å². The molecule has 6 nitrogen and oxygen atoms in total. The molecule has 0 aromatic carbocycles. The molecule has 1 aromatic heterocycles. The highest BCUT2D eigenvalue weighted by molar-refractivity contribution is 7.09. The Balaban J connectivity index is 1.92. The van der Waals surface area contributed by atoms with Gasteiger partial charge in [0.25, 0.3) is 0 Å². The third-order valence-electron chi connectivity index (χ3n) is 4.20. The molecule has 0 spiro atoms. The van der Waals surface area contributed by atoms with Crippen LogP contribution in [0.3, 0.4) is 0 Å². The van der Waals surface area contributed by atoms with E-state index in [1.165, 1.54) is 11.3 Å². The predicted molar refractivity (Wildman–Crippen MR) is 95.7 cm³/mol. The molecule has 1 aromatic rings. The first-order chi connectivity index (χ1) is 11.5. The number of rotatable bonds is 6. The lowest BCUT2D eigenvalue weighted by Crippen LogP contribution is -2.49. The Labute approximate surface area is 147 Å². The normalized spacial score (nSPS) is 16.9. The number of likely N-dealkylation sites (tertiary alicyclic amines) is 1. The van der Waals surface area contributed by atoms with Crippen LogP contribution in [0.5, 0.6) is 0 Å². The molecule has 24 heavy (non-hydrogen) atoms. The van der Waals surface area contributed by atoms with Gasteiger partial charge < -0.3 is 15.3 Å². The Morgan fingerprint density at radius 3 is 2.92 bits per heavy atom. The summed E-state index contributed by atoms with van der Waals surface area (Å²) in [7, 11) is 1.95. The Hall–Kier alpha value is -1.62. The van der Waals surface area contributed by atoms with Crippen LogP contribution in [-0.2, 0) is 12.1 Å². The third-order valence-corrected chi connectivity index (χ3v) is 5.03. The van der Waals surface area contributed by atoms with Crippen molar-refractivity contribution in [2.45, 2.75) is 38.3 Å². The SMILES string of the molecule is C#CCN(C)Cc1nc(C2(O)CCN(C(=O)NCCC)CC2)cs1. The summed E-state index contributed by atoms with van der Waals surface area (Å²) in [6, 6.07) is -0.0474. The van der Waals surface area contributed by atoms with Gasteiger partial charge in [-0.1, -0.05) is 12.8 Å². The fraction of sp³-hybridized carbons (Fsp3) is 0.647. The quantitative estimate of drug-likeness (QED) is 0.765. The maximum Gasteiger partial charge on any atom is 0.317 e. The average Bonchev–Trinajstić information content (AvgIpc) is 3.02. The number of nitrogens with one attached hydrogen (secondary N) is 1. The van der Waals surface area contributed by atoms with Crippen molar-refractivity contribution in [3.63, 3.8) is 0 Å². The molecule has 0 aliphatic carbocycles. The van der Waals surface area contributed by atoms with Crippen LogP contribution in [0.2, 0.25) is 0 Å². The van der Waals surface area contributed by atoms with E-state index < -0.39 is 5.60 Å². The highest BCUT2D eigenvalue weighted by atomic mass is 32.1. The number of piperidine rings is 1. The highest BCUT2D eigenvalue weighted by Gasteiger charge is 2.37. The van der Waals surface area contributed by atoms with Gasteiger partial charge in [0, 0.05) is 25.0 Å². The fourth-order valence-electron chi connectivity index (χ4n) is 2.72. The maximum absolute atomic E-state index is 12.0. The van der Waals surface area contributed by atoms with Gasteiger partial charge >= 0.3 is 6.03 Å². The van der Waals surface area contributed by atoms with Crippen molar-refractivity contribution < 1.29 is 9.90 Å². The van der Waals surface area contributed by atoms with Gasteiger partial charge in [-0.05, 0) is 26.3 Å². The molecule has 0 saturated carbocycles. The smallest absolute Gasteiger partial charge is 0.317 e. The lowest BCUT2D eigenvalue weighted by atomic mass is 9.89. The topological polar surface area (TPSA) is 68.7 Å². The molecule has 1 fully saturated rings. The zero-order chi connectivity index (χ0) is 17.6. The average molecular weight is 350 g/mol. The van der Waals surface area contributed by atoms with Crippen LogP contribution in [0.1, 0.15) is 36.9 Å². The molecule has 1 aliphatic rings. The van der Waals surface area contributed by atoms with Gasteiger partial charge in [-0.3, -0.25) is 4.90 Å². The minimum absolute atomic E-state index is 0.0474. The van der Waals surface area contributed by atoms with Gasteiger partial charge in [0.05, 0.1) is 18.8 Å². The van der Waals surface area contributed by atoms with Crippen LogP contribution in [0.15, 0.2) is 5.38 Å². The minimum Gasteiger partial charge on any atom is -0.383 e. The number of urea groups is 1. The van der Waals surface area contributed by atoms with Crippen LogP contribution in [0.25, 0.3) is 0 Å². The number of terminal acetylenes is 1. The number of aromatic nitrogens is 1. The summed E-state index contributed by atoms with van der Waals surface area (Å²) < 4.78 is 0. The number of hydrogen-bond acceptors (Lipinski definition) is 5. The molecule has 0 atom stereocenters. The highest BCUT2D eigenvalue weighted by Crippen LogP contribution is 2.33. The van der Waals surface area contributed by atoms with Crippen LogP contribution in [0, 0.1) is 12.3 Å². The van der Waals surface area contributed by atoms with Crippen molar-refractivity contribution in [3.05, 3.63) is 16.1 Å². The first-order valence-corrected chi connectivity index (χ1v) is 9.18. The van der Waals surface area contributed by atoms with E-state index in [1.807, 2.05) is 24.3 Å². The predicted octanol–water partition coefficient (Wildman–Crippen LogP) is 1.61. The molecular formula is C17H26N4O2S. The van der Waals surface area contributed by atoms with Gasteiger partial charge in [-0.2, -0.15) is 0 Å². The summed E-state index contributed by atoms with van der Waals surface area (Å²) in [6.45, 7) is 5.03. The monoisotopic (exact) mass is 350 g/mol. The van der Waals surface area contributed by atoms with E-state index >= 15 is 0 Å². The summed E-state index contributed by atoms with van der Waals surface area (Å²) in [5, 5.41) is 16.7. The molecule has 132 valence electrons. The number of aliphatic hydroxyl groups is 1. The number of hydrogen-bond donors (Lipinski definition) is 2. The second-order valence-electron chi connectivity index (χ2n) is 6.25. The number of thiazole rings is 1. The van der Waals surface area contributed by atoms with Crippen molar-refractivity contribution in [3.8, 4) is 12.3 Å². The summed E-state index contributed by atoms with van der Waals surface area (Å²) in [5.41, 5.74) is -0.230. The van der Waals surface area contributed by atoms with E-state index in [0.29, 0.717) is 51.3 Å². The van der Waals surface area contributed by atoms with E-state index in [4.69, 9.17) is 6.42 Å². The van der Waals surface area contributed by atoms with Crippen molar-refractivity contribution in [2.24, 2.45) is 0 Å². The van der Waals surface area contributed by atoms with Crippen LogP contribution < -0.4 is 5.32 Å². The second kappa shape index (κ2) is 8.47. The zero-order valence-corrected chi connectivity index (χ0v) is 15.2. The summed E-state index contributed by atoms with van der Waals surface area (Å²) >= 11 is 1.54. The van der Waals surface area contributed by atoms with Crippen molar-refractivity contribution in [1.29, 1.82) is 0 Å². The molecule has 2 heterocycles. The Kier molecular flexibility index (Phi) is 6.60. The van der Waals surface area contributed by atoms with E-state index in [0.717, 1.165) is 11.4 Å². The van der Waals surface area contributed by atoms with Crippen molar-refractivity contribution in [1.82, 2.24) is 20.1 Å². The van der Waals surface area contributed by atoms with E-state index in [9.17, 15) is 9.90 Å². The zero-order valence-electron chi connectivity index (χ0n) is 14.4. The van der Waals surface area contributed by atoms with E-state index in [2.05, 4.69) is 16.2 Å². The lowest BCUT2D eigenvalue weighted by molar-refractivity contribution is -0.0200. The van der Waals surface area contributed by atoms with Gasteiger partial charge in [-0.15, -0.1) is 17.8 Å².